The molecule has 4 heteroatoms. The Hall–Kier alpha value is -2.88. The van der Waals surface area contributed by atoms with Gasteiger partial charge < -0.3 is 10.1 Å². The summed E-state index contributed by atoms with van der Waals surface area (Å²) < 4.78 is 0. The summed E-state index contributed by atoms with van der Waals surface area (Å²) in [5, 5.41) is 9.43. The number of aromatic nitrogens is 2. The number of carbonyl (C=O) groups is 1. The summed E-state index contributed by atoms with van der Waals surface area (Å²) in [7, 11) is 0. The number of aromatic carboxylic acids is 1. The van der Waals surface area contributed by atoms with Gasteiger partial charge in [-0.3, -0.25) is 0 Å². The van der Waals surface area contributed by atoms with Crippen molar-refractivity contribution in [1.82, 2.24) is 9.97 Å². The molecule has 0 amide bonds. The van der Waals surface area contributed by atoms with Crippen molar-refractivity contribution in [3.05, 3.63) is 77.4 Å². The van der Waals surface area contributed by atoms with Gasteiger partial charge in [0.2, 0.25) is 0 Å². The Balaban J connectivity index is 1.76. The van der Waals surface area contributed by atoms with E-state index in [4.69, 9.17) is 0 Å². The third-order valence-electron chi connectivity index (χ3n) is 5.38. The number of nitrogens with one attached hydrogen (secondary N) is 1. The monoisotopic (exact) mass is 390 g/mol. The number of hydrogen-bond acceptors (Lipinski definition) is 2. The number of aryl methyl sites for hydroxylation is 1. The van der Waals surface area contributed by atoms with E-state index in [0.717, 1.165) is 42.6 Å². The van der Waals surface area contributed by atoms with E-state index < -0.39 is 5.97 Å². The van der Waals surface area contributed by atoms with Crippen LogP contribution in [-0.4, -0.2) is 21.0 Å². The van der Waals surface area contributed by atoms with Crippen LogP contribution in [0.15, 0.2) is 54.7 Å². The van der Waals surface area contributed by atoms with Gasteiger partial charge in [-0.25, -0.2) is 9.78 Å². The first kappa shape index (κ1) is 20.8. The lowest BCUT2D eigenvalue weighted by molar-refractivity contribution is 0.0697. The first-order valence-electron chi connectivity index (χ1n) is 10.6. The van der Waals surface area contributed by atoms with Crippen molar-refractivity contribution in [3.63, 3.8) is 0 Å². The fraction of sp³-hybridized carbons (Fsp3) is 0.360. The quantitative estimate of drug-likeness (QED) is 0.430. The molecule has 152 valence electrons. The van der Waals surface area contributed by atoms with E-state index >= 15 is 0 Å². The molecule has 2 aromatic carbocycles. The average Bonchev–Trinajstić information content (AvgIpc) is 3.21. The summed E-state index contributed by atoms with van der Waals surface area (Å²) in [6, 6.07) is 15.4. The Bertz CT molecular complexity index is 928. The van der Waals surface area contributed by atoms with Crippen molar-refractivity contribution in [2.45, 2.75) is 58.3 Å². The Morgan fingerprint density at radius 2 is 1.83 bits per heavy atom. The van der Waals surface area contributed by atoms with Crippen molar-refractivity contribution < 1.29 is 9.90 Å². The number of rotatable bonds is 10. The van der Waals surface area contributed by atoms with Gasteiger partial charge in [0.1, 0.15) is 5.82 Å². The number of nitrogens with zero attached hydrogens (tertiary/aromatic N) is 1. The van der Waals surface area contributed by atoms with Gasteiger partial charge in [0.25, 0.3) is 0 Å². The van der Waals surface area contributed by atoms with E-state index in [-0.39, 0.29) is 0 Å². The number of imidazole rings is 1. The van der Waals surface area contributed by atoms with Gasteiger partial charge in [-0.15, -0.1) is 0 Å². The molecule has 0 aliphatic carbocycles. The van der Waals surface area contributed by atoms with Gasteiger partial charge in [0.15, 0.2) is 0 Å². The summed E-state index contributed by atoms with van der Waals surface area (Å²) in [4.78, 5) is 19.7. The number of hydrogen-bond donors (Lipinski definition) is 2. The maximum atomic E-state index is 11.5. The van der Waals surface area contributed by atoms with Crippen LogP contribution in [0.1, 0.15) is 72.9 Å². The van der Waals surface area contributed by atoms with Gasteiger partial charge in [-0.2, -0.15) is 0 Å². The standard InChI is InChI=1S/C25H30N2O2/c1-3-5-9-21-17-26-24(27-21)20(8-4-2)16-18-12-14-19(15-13-18)22-10-6-7-11-23(22)25(28)29/h6-7,10-15,17,20H,3-5,8-9,16H2,1-2H3,(H,26,27)(H,28,29). The maximum absolute atomic E-state index is 11.5. The van der Waals surface area contributed by atoms with Gasteiger partial charge in [-0.1, -0.05) is 69.2 Å². The molecule has 1 aromatic heterocycles. The van der Waals surface area contributed by atoms with Crippen molar-refractivity contribution in [3.8, 4) is 11.1 Å². The van der Waals surface area contributed by atoms with Crippen LogP contribution in [0.25, 0.3) is 11.1 Å². The first-order chi connectivity index (χ1) is 14.1. The summed E-state index contributed by atoms with van der Waals surface area (Å²) in [6.07, 6.45) is 8.53. The SMILES string of the molecule is CCCCc1cnc(C(CCC)Cc2ccc(-c3ccccc3C(=O)O)cc2)[nH]1. The number of carboxylic acids is 1. The fourth-order valence-corrected chi connectivity index (χ4v) is 3.79. The van der Waals surface area contributed by atoms with E-state index in [2.05, 4.69) is 35.9 Å². The Kier molecular flexibility index (Phi) is 7.23. The third kappa shape index (κ3) is 5.35. The van der Waals surface area contributed by atoms with E-state index in [9.17, 15) is 9.90 Å². The Morgan fingerprint density at radius 1 is 1.07 bits per heavy atom. The topological polar surface area (TPSA) is 66.0 Å². The molecule has 0 saturated carbocycles. The minimum atomic E-state index is -0.899. The second-order valence-electron chi connectivity index (χ2n) is 7.63. The van der Waals surface area contributed by atoms with Crippen LogP contribution < -0.4 is 0 Å². The fourth-order valence-electron chi connectivity index (χ4n) is 3.79. The lowest BCUT2D eigenvalue weighted by Crippen LogP contribution is -2.05. The molecule has 0 aliphatic heterocycles. The van der Waals surface area contributed by atoms with Crippen molar-refractivity contribution >= 4 is 5.97 Å². The number of H-pyrrole nitrogens is 1. The molecule has 3 rings (SSSR count). The van der Waals surface area contributed by atoms with E-state index in [1.165, 1.54) is 24.1 Å². The summed E-state index contributed by atoms with van der Waals surface area (Å²) in [5.74, 6) is 0.551. The van der Waals surface area contributed by atoms with Gasteiger partial charge in [0, 0.05) is 17.8 Å². The van der Waals surface area contributed by atoms with Crippen LogP contribution in [0.3, 0.4) is 0 Å². The maximum Gasteiger partial charge on any atom is 0.336 e. The van der Waals surface area contributed by atoms with Crippen molar-refractivity contribution in [1.29, 1.82) is 0 Å². The molecule has 0 saturated heterocycles. The molecule has 0 aliphatic rings. The minimum absolute atomic E-state index is 0.333. The molecule has 3 aromatic rings. The normalized spacial score (nSPS) is 12.1. The number of unbranched alkanes of at least 4 members (excludes halogenated alkanes) is 1. The van der Waals surface area contributed by atoms with Gasteiger partial charge in [-0.05, 0) is 48.4 Å². The number of carboxylic acid groups (broad SMARTS) is 1. The predicted molar refractivity (Wildman–Crippen MR) is 117 cm³/mol. The minimum Gasteiger partial charge on any atom is -0.478 e. The number of aromatic amines is 1. The van der Waals surface area contributed by atoms with Crippen LogP contribution in [0.2, 0.25) is 0 Å². The van der Waals surface area contributed by atoms with E-state index in [1.807, 2.05) is 30.5 Å². The third-order valence-corrected chi connectivity index (χ3v) is 5.38. The molecule has 1 heterocycles. The Labute approximate surface area is 173 Å². The lowest BCUT2D eigenvalue weighted by atomic mass is 9.92. The average molecular weight is 391 g/mol. The molecule has 4 nitrogen and oxygen atoms in total. The molecule has 0 spiro atoms. The molecule has 1 unspecified atom stereocenters. The highest BCUT2D eigenvalue weighted by molar-refractivity contribution is 5.95. The van der Waals surface area contributed by atoms with Crippen molar-refractivity contribution in [2.24, 2.45) is 0 Å². The first-order valence-corrected chi connectivity index (χ1v) is 10.6. The van der Waals surface area contributed by atoms with Crippen LogP contribution >= 0.6 is 0 Å². The van der Waals surface area contributed by atoms with E-state index in [0.29, 0.717) is 11.5 Å². The van der Waals surface area contributed by atoms with Crippen molar-refractivity contribution in [2.75, 3.05) is 0 Å². The van der Waals surface area contributed by atoms with Crippen LogP contribution in [-0.2, 0) is 12.8 Å². The predicted octanol–water partition coefficient (Wildman–Crippen LogP) is 6.24. The highest BCUT2D eigenvalue weighted by atomic mass is 16.4. The molecule has 0 bridgehead atoms. The summed E-state index contributed by atoms with van der Waals surface area (Å²) in [6.45, 7) is 4.41. The van der Waals surface area contributed by atoms with Crippen LogP contribution in [0.4, 0.5) is 0 Å². The highest BCUT2D eigenvalue weighted by Gasteiger charge is 2.16. The zero-order chi connectivity index (χ0) is 20.6. The molecular weight excluding hydrogens is 360 g/mol. The number of benzene rings is 2. The summed E-state index contributed by atoms with van der Waals surface area (Å²) in [5.41, 5.74) is 4.48. The molecular formula is C25H30N2O2. The largest absolute Gasteiger partial charge is 0.478 e. The molecule has 0 fully saturated rings. The second kappa shape index (κ2) is 10.1. The van der Waals surface area contributed by atoms with Gasteiger partial charge >= 0.3 is 5.97 Å². The second-order valence-corrected chi connectivity index (χ2v) is 7.63. The highest BCUT2D eigenvalue weighted by Crippen LogP contribution is 2.27. The smallest absolute Gasteiger partial charge is 0.336 e. The molecule has 1 atom stereocenters. The van der Waals surface area contributed by atoms with Gasteiger partial charge in [0.05, 0.1) is 5.56 Å². The Morgan fingerprint density at radius 3 is 2.52 bits per heavy atom. The molecule has 29 heavy (non-hydrogen) atoms. The van der Waals surface area contributed by atoms with Crippen LogP contribution in [0, 0.1) is 0 Å². The summed E-state index contributed by atoms with van der Waals surface area (Å²) >= 11 is 0. The van der Waals surface area contributed by atoms with Crippen LogP contribution in [0.5, 0.6) is 0 Å². The van der Waals surface area contributed by atoms with E-state index in [1.54, 1.807) is 12.1 Å². The zero-order valence-corrected chi connectivity index (χ0v) is 17.3. The molecule has 2 N–H and O–H groups in total. The zero-order valence-electron chi connectivity index (χ0n) is 17.3. The lowest BCUT2D eigenvalue weighted by Gasteiger charge is -2.15. The molecule has 0 radical (unpaired) electrons.